The van der Waals surface area contributed by atoms with Gasteiger partial charge in [0.15, 0.2) is 0 Å². The highest BCUT2D eigenvalue weighted by molar-refractivity contribution is 7.54. The molecule has 6 nitrogen and oxygen atoms in total. The van der Waals surface area contributed by atoms with Crippen LogP contribution in [0.25, 0.3) is 0 Å². The minimum atomic E-state index is -3.22. The molecule has 0 unspecified atom stereocenters. The molecule has 1 aliphatic rings. The van der Waals surface area contributed by atoms with Crippen molar-refractivity contribution in [2.24, 2.45) is 0 Å². The summed E-state index contributed by atoms with van der Waals surface area (Å²) in [6.07, 6.45) is -0.745. The van der Waals surface area contributed by atoms with Gasteiger partial charge in [-0.15, -0.1) is 0 Å². The van der Waals surface area contributed by atoms with E-state index < -0.39 is 19.4 Å². The first-order chi connectivity index (χ1) is 7.12. The molecular formula is C8H15O6P. The fraction of sp³-hybridized carbons (Fsp3) is 0.875. The van der Waals surface area contributed by atoms with Crippen molar-refractivity contribution < 1.29 is 27.9 Å². The Morgan fingerprint density at radius 3 is 2.13 bits per heavy atom. The van der Waals surface area contributed by atoms with Gasteiger partial charge < -0.3 is 18.5 Å². The van der Waals surface area contributed by atoms with Crippen molar-refractivity contribution in [2.75, 3.05) is 26.4 Å². The molecular weight excluding hydrogens is 223 g/mol. The first-order valence-electron chi connectivity index (χ1n) is 4.80. The van der Waals surface area contributed by atoms with Crippen LogP contribution < -0.4 is 0 Å². The molecule has 1 aliphatic heterocycles. The summed E-state index contributed by atoms with van der Waals surface area (Å²) in [6, 6.07) is 0. The van der Waals surface area contributed by atoms with Gasteiger partial charge in [0.2, 0.25) is 0 Å². The molecule has 0 aromatic rings. The summed E-state index contributed by atoms with van der Waals surface area (Å²) in [5.41, 5.74) is -0.532. The first-order valence-corrected chi connectivity index (χ1v) is 6.42. The van der Waals surface area contributed by atoms with Gasteiger partial charge in [-0.25, -0.2) is 4.79 Å². The van der Waals surface area contributed by atoms with E-state index in [9.17, 15) is 9.36 Å². The maximum absolute atomic E-state index is 12.2. The molecule has 0 aromatic heterocycles. The van der Waals surface area contributed by atoms with E-state index in [1.807, 2.05) is 0 Å². The zero-order chi connectivity index (χ0) is 11.3. The molecule has 0 amide bonds. The van der Waals surface area contributed by atoms with Crippen molar-refractivity contribution in [3.8, 4) is 0 Å². The summed E-state index contributed by atoms with van der Waals surface area (Å²) in [5.74, 6) is 0. The van der Waals surface area contributed by atoms with Crippen LogP contribution in [-0.4, -0.2) is 38.2 Å². The molecule has 0 aromatic carbocycles. The largest absolute Gasteiger partial charge is 0.508 e. The van der Waals surface area contributed by atoms with Crippen LogP contribution in [0.4, 0.5) is 4.79 Å². The van der Waals surface area contributed by atoms with Crippen molar-refractivity contribution in [1.29, 1.82) is 0 Å². The van der Waals surface area contributed by atoms with Gasteiger partial charge >= 0.3 is 13.8 Å². The van der Waals surface area contributed by atoms with E-state index in [0.29, 0.717) is 0 Å². The second-order valence-electron chi connectivity index (χ2n) is 2.90. The average molecular weight is 238 g/mol. The molecule has 1 fully saturated rings. The molecule has 1 heterocycles. The summed E-state index contributed by atoms with van der Waals surface area (Å²) in [6.45, 7) is 4.03. The van der Waals surface area contributed by atoms with Gasteiger partial charge in [0.25, 0.3) is 0 Å². The summed E-state index contributed by atoms with van der Waals surface area (Å²) in [5, 5.41) is 0. The molecule has 0 atom stereocenters. The van der Waals surface area contributed by atoms with Crippen molar-refractivity contribution >= 4 is 13.8 Å². The maximum Gasteiger partial charge on any atom is 0.508 e. The van der Waals surface area contributed by atoms with Crippen LogP contribution in [-0.2, 0) is 23.1 Å². The van der Waals surface area contributed by atoms with Gasteiger partial charge in [-0.05, 0) is 13.8 Å². The number of ether oxygens (including phenoxy) is 2. The Morgan fingerprint density at radius 1 is 1.27 bits per heavy atom. The van der Waals surface area contributed by atoms with E-state index in [2.05, 4.69) is 9.47 Å². The standard InChI is InChI=1S/C8H15O6P/c1-3-13-15(10,14-4-2)7-5-11-8(9)12-6-7/h7H,3-6H2,1-2H3. The Morgan fingerprint density at radius 2 is 1.73 bits per heavy atom. The fourth-order valence-electron chi connectivity index (χ4n) is 1.21. The van der Waals surface area contributed by atoms with Gasteiger partial charge in [-0.3, -0.25) is 4.57 Å². The van der Waals surface area contributed by atoms with Gasteiger partial charge in [0.05, 0.1) is 13.2 Å². The van der Waals surface area contributed by atoms with Crippen molar-refractivity contribution in [1.82, 2.24) is 0 Å². The summed E-state index contributed by atoms with van der Waals surface area (Å²) in [7, 11) is -3.22. The Kier molecular flexibility index (Phi) is 4.57. The number of carbonyl (C=O) groups is 1. The van der Waals surface area contributed by atoms with E-state index in [-0.39, 0.29) is 26.4 Å². The topological polar surface area (TPSA) is 71.1 Å². The summed E-state index contributed by atoms with van der Waals surface area (Å²) < 4.78 is 31.6. The molecule has 0 bridgehead atoms. The predicted octanol–water partition coefficient (Wildman–Crippen LogP) is 1.79. The van der Waals surface area contributed by atoms with Crippen LogP contribution in [0, 0.1) is 0 Å². The SMILES string of the molecule is CCOP(=O)(OCC)C1COC(=O)OC1. The van der Waals surface area contributed by atoms with Crippen LogP contribution in [0.15, 0.2) is 0 Å². The molecule has 0 aliphatic carbocycles. The van der Waals surface area contributed by atoms with E-state index >= 15 is 0 Å². The summed E-state index contributed by atoms with van der Waals surface area (Å²) >= 11 is 0. The Hall–Kier alpha value is -0.580. The number of carbonyl (C=O) groups excluding carboxylic acids is 1. The van der Waals surface area contributed by atoms with Gasteiger partial charge in [-0.1, -0.05) is 0 Å². The molecule has 0 spiro atoms. The van der Waals surface area contributed by atoms with Crippen LogP contribution in [0.5, 0.6) is 0 Å². The number of hydrogen-bond acceptors (Lipinski definition) is 6. The smallest absolute Gasteiger partial charge is 0.433 e. The molecule has 0 saturated carbocycles. The Labute approximate surface area is 88.4 Å². The van der Waals surface area contributed by atoms with Crippen LogP contribution >= 0.6 is 7.60 Å². The van der Waals surface area contributed by atoms with Crippen LogP contribution in [0.3, 0.4) is 0 Å². The van der Waals surface area contributed by atoms with Gasteiger partial charge in [0, 0.05) is 0 Å². The normalized spacial score (nSPS) is 18.4. The molecule has 88 valence electrons. The number of cyclic esters (lactones) is 2. The molecule has 1 saturated heterocycles. The average Bonchev–Trinajstić information content (AvgIpc) is 2.19. The lowest BCUT2D eigenvalue weighted by molar-refractivity contribution is 0.0151. The Balaban J connectivity index is 2.63. The number of rotatable bonds is 5. The van der Waals surface area contributed by atoms with Crippen molar-refractivity contribution in [3.63, 3.8) is 0 Å². The minimum Gasteiger partial charge on any atom is -0.433 e. The third-order valence-corrected chi connectivity index (χ3v) is 4.28. The third kappa shape index (κ3) is 3.19. The van der Waals surface area contributed by atoms with Crippen molar-refractivity contribution in [2.45, 2.75) is 19.5 Å². The second kappa shape index (κ2) is 5.49. The lowest BCUT2D eigenvalue weighted by Gasteiger charge is -2.28. The Bertz CT molecular complexity index is 246. The molecule has 0 radical (unpaired) electrons. The summed E-state index contributed by atoms with van der Waals surface area (Å²) in [4.78, 5) is 10.6. The third-order valence-electron chi connectivity index (χ3n) is 1.85. The van der Waals surface area contributed by atoms with E-state index in [1.165, 1.54) is 0 Å². The quantitative estimate of drug-likeness (QED) is 0.537. The van der Waals surface area contributed by atoms with Crippen LogP contribution in [0.2, 0.25) is 0 Å². The lowest BCUT2D eigenvalue weighted by atomic mass is 10.5. The maximum atomic E-state index is 12.2. The highest BCUT2D eigenvalue weighted by Gasteiger charge is 2.40. The molecule has 7 heteroatoms. The molecule has 1 rings (SSSR count). The molecule has 0 N–H and O–H groups in total. The lowest BCUT2D eigenvalue weighted by Crippen LogP contribution is -2.33. The minimum absolute atomic E-state index is 0.0100. The fourth-order valence-corrected chi connectivity index (χ4v) is 2.94. The monoisotopic (exact) mass is 238 g/mol. The van der Waals surface area contributed by atoms with Gasteiger partial charge in [0.1, 0.15) is 18.9 Å². The number of hydrogen-bond donors (Lipinski definition) is 0. The predicted molar refractivity (Wildman–Crippen MR) is 51.9 cm³/mol. The van der Waals surface area contributed by atoms with E-state index in [1.54, 1.807) is 13.8 Å². The van der Waals surface area contributed by atoms with E-state index in [4.69, 9.17) is 9.05 Å². The zero-order valence-corrected chi connectivity index (χ0v) is 9.70. The second-order valence-corrected chi connectivity index (χ2v) is 5.23. The first kappa shape index (κ1) is 12.5. The van der Waals surface area contributed by atoms with Gasteiger partial charge in [-0.2, -0.15) is 0 Å². The highest BCUT2D eigenvalue weighted by atomic mass is 31.2. The molecule has 15 heavy (non-hydrogen) atoms. The zero-order valence-electron chi connectivity index (χ0n) is 8.80. The van der Waals surface area contributed by atoms with Crippen LogP contribution in [0.1, 0.15) is 13.8 Å². The van der Waals surface area contributed by atoms with E-state index in [0.717, 1.165) is 0 Å². The van der Waals surface area contributed by atoms with Crippen molar-refractivity contribution in [3.05, 3.63) is 0 Å². The highest BCUT2D eigenvalue weighted by Crippen LogP contribution is 2.53.